The number of nitrogens with zero attached hydrogens (tertiary/aromatic N) is 1. The van der Waals surface area contributed by atoms with Crippen molar-refractivity contribution in [3.63, 3.8) is 0 Å². The number of amides is 1. The Bertz CT molecular complexity index is 1160. The molecule has 4 nitrogen and oxygen atoms in total. The van der Waals surface area contributed by atoms with Gasteiger partial charge in [-0.2, -0.15) is 5.10 Å². The Hall–Kier alpha value is -2.89. The number of benzene rings is 3. The Morgan fingerprint density at radius 2 is 1.74 bits per heavy atom. The van der Waals surface area contributed by atoms with E-state index in [1.165, 1.54) is 18.2 Å². The number of rotatable bonds is 3. The molecule has 1 amide bonds. The fraction of sp³-hybridized carbons (Fsp3) is 0. The first kappa shape index (κ1) is 17.5. The normalized spacial score (nSPS) is 10.9. The summed E-state index contributed by atoms with van der Waals surface area (Å²) in [5.74, 6) is -0.618. The summed E-state index contributed by atoms with van der Waals surface area (Å²) in [5.41, 5.74) is 3.26. The standard InChI is InChI=1S/C20H12Cl2FN3O/c21-16-7-3-12(9-17(16)22)20(27)24-14-6-8-18-15(10-14)19(26-25-18)11-1-4-13(23)5-2-11/h1-10H,(H,24,27)(H,25,26). The van der Waals surface area contributed by atoms with E-state index in [1.54, 1.807) is 30.3 Å². The summed E-state index contributed by atoms with van der Waals surface area (Å²) in [7, 11) is 0. The van der Waals surface area contributed by atoms with Gasteiger partial charge < -0.3 is 5.32 Å². The van der Waals surface area contributed by atoms with E-state index in [9.17, 15) is 9.18 Å². The monoisotopic (exact) mass is 399 g/mol. The molecule has 0 saturated heterocycles. The molecule has 3 aromatic carbocycles. The molecule has 0 aliphatic heterocycles. The van der Waals surface area contributed by atoms with Gasteiger partial charge in [-0.3, -0.25) is 9.89 Å². The van der Waals surface area contributed by atoms with E-state index >= 15 is 0 Å². The number of anilines is 1. The molecule has 4 aromatic rings. The molecule has 0 saturated carbocycles. The Morgan fingerprint density at radius 3 is 2.48 bits per heavy atom. The fourth-order valence-electron chi connectivity index (χ4n) is 2.76. The van der Waals surface area contributed by atoms with Gasteiger partial charge in [-0.25, -0.2) is 4.39 Å². The SMILES string of the molecule is O=C(Nc1ccc2[nH]nc(-c3ccc(F)cc3)c2c1)c1ccc(Cl)c(Cl)c1. The minimum absolute atomic E-state index is 0.306. The quantitative estimate of drug-likeness (QED) is 0.448. The average molecular weight is 400 g/mol. The molecule has 0 bridgehead atoms. The minimum atomic E-state index is -0.312. The number of hydrogen-bond acceptors (Lipinski definition) is 2. The van der Waals surface area contributed by atoms with Crippen LogP contribution in [0.4, 0.5) is 10.1 Å². The first-order chi connectivity index (χ1) is 13.0. The Morgan fingerprint density at radius 1 is 0.963 bits per heavy atom. The number of halogens is 3. The van der Waals surface area contributed by atoms with E-state index < -0.39 is 0 Å². The maximum absolute atomic E-state index is 13.2. The number of nitrogens with one attached hydrogen (secondary N) is 2. The molecular formula is C20H12Cl2FN3O. The highest BCUT2D eigenvalue weighted by molar-refractivity contribution is 6.42. The third-order valence-corrected chi connectivity index (χ3v) is 4.86. The zero-order valence-electron chi connectivity index (χ0n) is 13.8. The van der Waals surface area contributed by atoms with Crippen molar-refractivity contribution in [2.24, 2.45) is 0 Å². The smallest absolute Gasteiger partial charge is 0.255 e. The van der Waals surface area contributed by atoms with Crippen molar-refractivity contribution in [3.05, 3.63) is 82.1 Å². The Balaban J connectivity index is 1.66. The van der Waals surface area contributed by atoms with Crippen molar-refractivity contribution in [1.29, 1.82) is 0 Å². The molecule has 134 valence electrons. The summed E-state index contributed by atoms with van der Waals surface area (Å²) in [4.78, 5) is 12.5. The van der Waals surface area contributed by atoms with Gasteiger partial charge in [0.15, 0.2) is 0 Å². The van der Waals surface area contributed by atoms with Crippen LogP contribution < -0.4 is 5.32 Å². The van der Waals surface area contributed by atoms with Crippen molar-refractivity contribution in [3.8, 4) is 11.3 Å². The highest BCUT2D eigenvalue weighted by Gasteiger charge is 2.12. The van der Waals surface area contributed by atoms with Crippen LogP contribution in [-0.4, -0.2) is 16.1 Å². The third-order valence-electron chi connectivity index (χ3n) is 4.12. The maximum Gasteiger partial charge on any atom is 0.255 e. The van der Waals surface area contributed by atoms with Crippen molar-refractivity contribution < 1.29 is 9.18 Å². The second-order valence-corrected chi connectivity index (χ2v) is 6.74. The van der Waals surface area contributed by atoms with Crippen LogP contribution in [0.5, 0.6) is 0 Å². The molecule has 0 aliphatic rings. The van der Waals surface area contributed by atoms with Crippen molar-refractivity contribution in [1.82, 2.24) is 10.2 Å². The number of aromatic nitrogens is 2. The van der Waals surface area contributed by atoms with Crippen molar-refractivity contribution >= 4 is 45.7 Å². The van der Waals surface area contributed by atoms with Crippen LogP contribution in [0.25, 0.3) is 22.2 Å². The Labute approximate surface area is 163 Å². The first-order valence-electron chi connectivity index (χ1n) is 8.02. The van der Waals surface area contributed by atoms with Gasteiger partial charge in [0.25, 0.3) is 5.91 Å². The summed E-state index contributed by atoms with van der Waals surface area (Å²) < 4.78 is 13.2. The lowest BCUT2D eigenvalue weighted by Crippen LogP contribution is -2.11. The van der Waals surface area contributed by atoms with Crippen LogP contribution in [0.15, 0.2) is 60.7 Å². The zero-order valence-corrected chi connectivity index (χ0v) is 15.3. The molecule has 0 atom stereocenters. The van der Waals surface area contributed by atoms with Gasteiger partial charge in [0.1, 0.15) is 5.82 Å². The molecule has 27 heavy (non-hydrogen) atoms. The van der Waals surface area contributed by atoms with Crippen LogP contribution in [0.3, 0.4) is 0 Å². The zero-order chi connectivity index (χ0) is 19.0. The Kier molecular flexibility index (Phi) is 4.56. The van der Waals surface area contributed by atoms with Crippen molar-refractivity contribution in [2.75, 3.05) is 5.32 Å². The van der Waals surface area contributed by atoms with Gasteiger partial charge in [0.05, 0.1) is 21.3 Å². The summed E-state index contributed by atoms with van der Waals surface area (Å²) in [5, 5.41) is 11.6. The van der Waals surface area contributed by atoms with Crippen LogP contribution in [0.2, 0.25) is 10.0 Å². The highest BCUT2D eigenvalue weighted by Crippen LogP contribution is 2.29. The van der Waals surface area contributed by atoms with Gasteiger partial charge in [-0.1, -0.05) is 23.2 Å². The van der Waals surface area contributed by atoms with E-state index in [1.807, 2.05) is 12.1 Å². The number of carbonyl (C=O) groups excluding carboxylic acids is 1. The number of fused-ring (bicyclic) bond motifs is 1. The lowest BCUT2D eigenvalue weighted by molar-refractivity contribution is 0.102. The number of H-pyrrole nitrogens is 1. The molecule has 7 heteroatoms. The summed E-state index contributed by atoms with van der Waals surface area (Å²) in [6, 6.07) is 16.2. The maximum atomic E-state index is 13.2. The lowest BCUT2D eigenvalue weighted by Gasteiger charge is -2.07. The number of carbonyl (C=O) groups is 1. The lowest BCUT2D eigenvalue weighted by atomic mass is 10.1. The van der Waals surface area contributed by atoms with Crippen LogP contribution >= 0.6 is 23.2 Å². The average Bonchev–Trinajstić information content (AvgIpc) is 3.08. The second-order valence-electron chi connectivity index (χ2n) is 5.92. The molecule has 0 radical (unpaired) electrons. The van der Waals surface area contributed by atoms with Crippen LogP contribution in [0.1, 0.15) is 10.4 Å². The van der Waals surface area contributed by atoms with E-state index in [0.29, 0.717) is 27.0 Å². The number of aromatic amines is 1. The van der Waals surface area contributed by atoms with Crippen LogP contribution in [0, 0.1) is 5.82 Å². The van der Waals surface area contributed by atoms with Crippen LogP contribution in [-0.2, 0) is 0 Å². The van der Waals surface area contributed by atoms with Gasteiger partial charge in [-0.15, -0.1) is 0 Å². The molecule has 0 spiro atoms. The summed E-state index contributed by atoms with van der Waals surface area (Å²) in [6.07, 6.45) is 0. The molecule has 0 unspecified atom stereocenters. The molecule has 1 heterocycles. The van der Waals surface area contributed by atoms with Gasteiger partial charge in [0.2, 0.25) is 0 Å². The van der Waals surface area contributed by atoms with Gasteiger partial charge in [0, 0.05) is 22.2 Å². The van der Waals surface area contributed by atoms with Gasteiger partial charge >= 0.3 is 0 Å². The highest BCUT2D eigenvalue weighted by atomic mass is 35.5. The number of hydrogen-bond donors (Lipinski definition) is 2. The molecule has 1 aromatic heterocycles. The third kappa shape index (κ3) is 3.52. The van der Waals surface area contributed by atoms with Gasteiger partial charge in [-0.05, 0) is 60.7 Å². The van der Waals surface area contributed by atoms with Crippen molar-refractivity contribution in [2.45, 2.75) is 0 Å². The summed E-state index contributed by atoms with van der Waals surface area (Å²) in [6.45, 7) is 0. The molecule has 0 aliphatic carbocycles. The molecule has 0 fully saturated rings. The molecule has 4 rings (SSSR count). The summed E-state index contributed by atoms with van der Waals surface area (Å²) >= 11 is 11.9. The molecule has 2 N–H and O–H groups in total. The van der Waals surface area contributed by atoms with E-state index in [4.69, 9.17) is 23.2 Å². The van der Waals surface area contributed by atoms with E-state index in [-0.39, 0.29) is 11.7 Å². The second kappa shape index (κ2) is 7.02. The predicted octanol–water partition coefficient (Wildman–Crippen LogP) is 5.93. The largest absolute Gasteiger partial charge is 0.322 e. The fourth-order valence-corrected chi connectivity index (χ4v) is 3.06. The molecular weight excluding hydrogens is 388 g/mol. The minimum Gasteiger partial charge on any atom is -0.322 e. The van der Waals surface area contributed by atoms with E-state index in [2.05, 4.69) is 15.5 Å². The predicted molar refractivity (Wildman–Crippen MR) is 106 cm³/mol. The first-order valence-corrected chi connectivity index (χ1v) is 8.77. The topological polar surface area (TPSA) is 57.8 Å². The van der Waals surface area contributed by atoms with E-state index in [0.717, 1.165) is 16.5 Å².